The maximum absolute atomic E-state index is 15.2. The molecule has 0 spiro atoms. The Morgan fingerprint density at radius 3 is 2.48 bits per heavy atom. The first-order chi connectivity index (χ1) is 13.8. The third-order valence-electron chi connectivity index (χ3n) is 4.48. The molecule has 3 N–H and O–H groups in total. The van der Waals surface area contributed by atoms with E-state index in [0.717, 1.165) is 0 Å². The highest BCUT2D eigenvalue weighted by Gasteiger charge is 2.22. The molecule has 3 atom stereocenters. The van der Waals surface area contributed by atoms with E-state index in [1.54, 1.807) is 43.3 Å². The van der Waals surface area contributed by atoms with Gasteiger partial charge >= 0.3 is 0 Å². The van der Waals surface area contributed by atoms with Gasteiger partial charge < -0.3 is 20.5 Å². The molecule has 0 radical (unpaired) electrons. The lowest BCUT2D eigenvalue weighted by Crippen LogP contribution is -2.40. The Balaban J connectivity index is 2.14. The Morgan fingerprint density at radius 2 is 1.86 bits per heavy atom. The molecule has 0 aromatic heterocycles. The topological polar surface area (TPSA) is 70.6 Å². The number of nitrogens with one attached hydrogen (secondary N) is 2. The number of carbonyl (C=O) groups is 1. The summed E-state index contributed by atoms with van der Waals surface area (Å²) in [6, 6.07) is 11.3. The van der Waals surface area contributed by atoms with Crippen LogP contribution in [0.15, 0.2) is 42.5 Å². The number of carbonyl (C=O) groups excluding carboxylic acids is 1. The van der Waals surface area contributed by atoms with Gasteiger partial charge in [-0.1, -0.05) is 42.8 Å². The lowest BCUT2D eigenvalue weighted by molar-refractivity contribution is -0.122. The van der Waals surface area contributed by atoms with Crippen LogP contribution in [0.1, 0.15) is 45.2 Å². The molecule has 29 heavy (non-hydrogen) atoms. The second kappa shape index (κ2) is 11.1. The first kappa shape index (κ1) is 23.1. The van der Waals surface area contributed by atoms with Crippen molar-refractivity contribution in [1.29, 1.82) is 0 Å². The number of hydrogen-bond acceptors (Lipinski definition) is 4. The van der Waals surface area contributed by atoms with Crippen LogP contribution < -0.4 is 15.4 Å². The van der Waals surface area contributed by atoms with E-state index >= 15 is 4.39 Å². The van der Waals surface area contributed by atoms with Gasteiger partial charge in [0.1, 0.15) is 5.75 Å². The summed E-state index contributed by atoms with van der Waals surface area (Å²) in [5.41, 5.74) is 0.429. The van der Waals surface area contributed by atoms with Gasteiger partial charge in [-0.2, -0.15) is 0 Å². The molecule has 0 fully saturated rings. The molecular weight excluding hydrogens is 395 g/mol. The summed E-state index contributed by atoms with van der Waals surface area (Å²) in [5.74, 6) is -0.218. The van der Waals surface area contributed by atoms with Crippen LogP contribution in [0, 0.1) is 5.82 Å². The third-order valence-corrected chi connectivity index (χ3v) is 4.78. The summed E-state index contributed by atoms with van der Waals surface area (Å²) in [4.78, 5) is 12.0. The summed E-state index contributed by atoms with van der Waals surface area (Å²) >= 11 is 6.18. The number of hydrogen-bond donors (Lipinski definition) is 3. The molecule has 0 aliphatic heterocycles. The van der Waals surface area contributed by atoms with Gasteiger partial charge in [0.15, 0.2) is 11.6 Å². The highest BCUT2D eigenvalue weighted by atomic mass is 35.5. The van der Waals surface area contributed by atoms with Crippen molar-refractivity contribution in [3.05, 3.63) is 58.9 Å². The zero-order valence-corrected chi connectivity index (χ0v) is 17.7. The number of benzene rings is 2. The van der Waals surface area contributed by atoms with Crippen LogP contribution in [-0.2, 0) is 4.79 Å². The Bertz CT molecular complexity index is 804. The molecule has 0 saturated carbocycles. The predicted molar refractivity (Wildman–Crippen MR) is 113 cm³/mol. The molecule has 0 heterocycles. The quantitative estimate of drug-likeness (QED) is 0.523. The molecule has 2 aromatic rings. The van der Waals surface area contributed by atoms with Gasteiger partial charge in [-0.25, -0.2) is 4.39 Å². The van der Waals surface area contributed by atoms with Gasteiger partial charge in [-0.15, -0.1) is 0 Å². The smallest absolute Gasteiger partial charge is 0.221 e. The van der Waals surface area contributed by atoms with E-state index in [9.17, 15) is 4.79 Å². The first-order valence-corrected chi connectivity index (χ1v) is 10.1. The van der Waals surface area contributed by atoms with E-state index < -0.39 is 5.82 Å². The van der Waals surface area contributed by atoms with E-state index in [1.807, 2.05) is 19.9 Å². The minimum Gasteiger partial charge on any atom is -0.453 e. The van der Waals surface area contributed by atoms with E-state index in [-0.39, 0.29) is 47.8 Å². The number of halogens is 2. The van der Waals surface area contributed by atoms with Gasteiger partial charge in [0.25, 0.3) is 0 Å². The molecule has 0 aliphatic carbocycles. The summed E-state index contributed by atoms with van der Waals surface area (Å²) in [7, 11) is 0. The molecule has 2 aromatic carbocycles. The monoisotopic (exact) mass is 422 g/mol. The van der Waals surface area contributed by atoms with Crippen molar-refractivity contribution in [1.82, 2.24) is 10.6 Å². The Kier molecular flexibility index (Phi) is 8.89. The van der Waals surface area contributed by atoms with Crippen LogP contribution in [0.5, 0.6) is 11.5 Å². The molecule has 1 amide bonds. The Hall–Kier alpha value is -2.15. The lowest BCUT2D eigenvalue weighted by atomic mass is 10.0. The summed E-state index contributed by atoms with van der Waals surface area (Å²) in [6.07, 6.45) is 0.825. The van der Waals surface area contributed by atoms with Gasteiger partial charge in [0.05, 0.1) is 11.6 Å². The average Bonchev–Trinajstić information content (AvgIpc) is 2.70. The molecule has 0 unspecified atom stereocenters. The number of aliphatic hydroxyl groups is 1. The van der Waals surface area contributed by atoms with E-state index in [1.165, 1.54) is 0 Å². The number of amides is 1. The minimum atomic E-state index is -0.522. The fourth-order valence-electron chi connectivity index (χ4n) is 3.00. The molecular formula is C22H28ClFN2O3. The largest absolute Gasteiger partial charge is 0.453 e. The standard InChI is InChI=1S/C22H28ClFN2O3/c1-4-19(25-14(2)12-20(28)26-15(3)13-27)17-10-11-18(23)22(21(17)24)29-16-8-6-5-7-9-16/h5-11,14-15,19,25,27H,4,12-13H2,1-3H3,(H,26,28)/t14-,15-,19+/m0/s1. The van der Waals surface area contributed by atoms with Crippen LogP contribution in [0.25, 0.3) is 0 Å². The molecule has 2 rings (SSSR count). The van der Waals surface area contributed by atoms with Gasteiger partial charge in [-0.3, -0.25) is 4.79 Å². The van der Waals surface area contributed by atoms with Crippen LogP contribution >= 0.6 is 11.6 Å². The van der Waals surface area contributed by atoms with Crippen molar-refractivity contribution in [3.63, 3.8) is 0 Å². The van der Waals surface area contributed by atoms with Gasteiger partial charge in [-0.05, 0) is 38.5 Å². The van der Waals surface area contributed by atoms with Crippen molar-refractivity contribution < 1.29 is 19.0 Å². The maximum Gasteiger partial charge on any atom is 0.221 e. The number of rotatable bonds is 10. The molecule has 0 saturated heterocycles. The molecule has 5 nitrogen and oxygen atoms in total. The second-order valence-electron chi connectivity index (χ2n) is 7.08. The fourth-order valence-corrected chi connectivity index (χ4v) is 3.19. The summed E-state index contributed by atoms with van der Waals surface area (Å²) in [6.45, 7) is 5.40. The van der Waals surface area contributed by atoms with Crippen molar-refractivity contribution in [3.8, 4) is 11.5 Å². The van der Waals surface area contributed by atoms with Gasteiger partial charge in [0, 0.05) is 30.1 Å². The predicted octanol–water partition coefficient (Wildman–Crippen LogP) is 4.59. The summed E-state index contributed by atoms with van der Waals surface area (Å²) in [5, 5.41) is 15.2. The van der Waals surface area contributed by atoms with Crippen molar-refractivity contribution in [2.75, 3.05) is 6.61 Å². The zero-order chi connectivity index (χ0) is 21.4. The van der Waals surface area contributed by atoms with Crippen LogP contribution in [0.2, 0.25) is 5.02 Å². The lowest BCUT2D eigenvalue weighted by Gasteiger charge is -2.24. The van der Waals surface area contributed by atoms with E-state index in [4.69, 9.17) is 21.4 Å². The number of para-hydroxylation sites is 1. The molecule has 0 bridgehead atoms. The zero-order valence-electron chi connectivity index (χ0n) is 16.9. The number of aliphatic hydroxyl groups excluding tert-OH is 1. The highest BCUT2D eigenvalue weighted by molar-refractivity contribution is 6.32. The first-order valence-electron chi connectivity index (χ1n) is 9.72. The van der Waals surface area contributed by atoms with Crippen molar-refractivity contribution in [2.45, 2.75) is 51.7 Å². The Labute approximate surface area is 176 Å². The SMILES string of the molecule is CC[C@@H](N[C@@H](C)CC(=O)N[C@@H](C)CO)c1ccc(Cl)c(Oc2ccccc2)c1F. The second-order valence-corrected chi connectivity index (χ2v) is 7.49. The average molecular weight is 423 g/mol. The number of ether oxygens (including phenoxy) is 1. The molecule has 158 valence electrons. The third kappa shape index (κ3) is 6.70. The summed E-state index contributed by atoms with van der Waals surface area (Å²) < 4.78 is 20.9. The molecule has 7 heteroatoms. The van der Waals surface area contributed by atoms with Crippen LogP contribution in [-0.4, -0.2) is 29.7 Å². The van der Waals surface area contributed by atoms with E-state index in [2.05, 4.69) is 10.6 Å². The normalized spacial score (nSPS) is 14.1. The van der Waals surface area contributed by atoms with Crippen molar-refractivity contribution >= 4 is 17.5 Å². The van der Waals surface area contributed by atoms with Crippen molar-refractivity contribution in [2.24, 2.45) is 0 Å². The van der Waals surface area contributed by atoms with Crippen LogP contribution in [0.4, 0.5) is 4.39 Å². The Morgan fingerprint density at radius 1 is 1.17 bits per heavy atom. The van der Waals surface area contributed by atoms with Gasteiger partial charge in [0.2, 0.25) is 5.91 Å². The maximum atomic E-state index is 15.2. The highest BCUT2D eigenvalue weighted by Crippen LogP contribution is 2.36. The van der Waals surface area contributed by atoms with Crippen LogP contribution in [0.3, 0.4) is 0 Å². The molecule has 0 aliphatic rings. The van der Waals surface area contributed by atoms with E-state index in [0.29, 0.717) is 17.7 Å². The minimum absolute atomic E-state index is 0.0159. The fraction of sp³-hybridized carbons (Fsp3) is 0.409.